The van der Waals surface area contributed by atoms with Crippen LogP contribution in [0.2, 0.25) is 0 Å². The summed E-state index contributed by atoms with van der Waals surface area (Å²) in [5, 5.41) is 2.66. The molecule has 1 saturated heterocycles. The molecule has 0 bridgehead atoms. The molecular formula is C29H44N2O5. The number of rotatable bonds is 12. The molecule has 1 aliphatic carbocycles. The van der Waals surface area contributed by atoms with E-state index < -0.39 is 23.4 Å². The van der Waals surface area contributed by atoms with Gasteiger partial charge in [-0.05, 0) is 44.6 Å². The lowest BCUT2D eigenvalue weighted by atomic mass is 9.66. The van der Waals surface area contributed by atoms with Crippen molar-refractivity contribution >= 4 is 17.8 Å². The number of fused-ring (bicyclic) bond motifs is 1. The van der Waals surface area contributed by atoms with Gasteiger partial charge < -0.3 is 19.7 Å². The summed E-state index contributed by atoms with van der Waals surface area (Å²) in [4.78, 5) is 41.6. The lowest BCUT2D eigenvalue weighted by Gasteiger charge is -2.52. The number of esters is 1. The Hall–Kier alpha value is -2.33. The second-order valence-electron chi connectivity index (χ2n) is 10.6. The van der Waals surface area contributed by atoms with Crippen molar-refractivity contribution in [3.8, 4) is 12.3 Å². The SMILES string of the molecule is C#CCNC(=O)C[C@H]1C[C@@]2(C(=O)OC)C(=C[C@H](C3CCCC3)O[C@@H]2C)N(CCCCCCCC)C1=O. The van der Waals surface area contributed by atoms with E-state index in [1.54, 1.807) is 4.90 Å². The first-order valence-corrected chi connectivity index (χ1v) is 13.9. The highest BCUT2D eigenvalue weighted by molar-refractivity contribution is 5.92. The summed E-state index contributed by atoms with van der Waals surface area (Å²) in [5.41, 5.74) is -0.388. The molecule has 2 fully saturated rings. The van der Waals surface area contributed by atoms with Gasteiger partial charge in [0.25, 0.3) is 0 Å². The van der Waals surface area contributed by atoms with Gasteiger partial charge in [-0.2, -0.15) is 0 Å². The highest BCUT2D eigenvalue weighted by atomic mass is 16.5. The van der Waals surface area contributed by atoms with E-state index >= 15 is 0 Å². The van der Waals surface area contributed by atoms with Crippen LogP contribution in [0.5, 0.6) is 0 Å². The van der Waals surface area contributed by atoms with Crippen LogP contribution >= 0.6 is 0 Å². The smallest absolute Gasteiger partial charge is 0.320 e. The Morgan fingerprint density at radius 1 is 1.22 bits per heavy atom. The minimum atomic E-state index is -1.11. The molecular weight excluding hydrogens is 456 g/mol. The Morgan fingerprint density at radius 2 is 1.92 bits per heavy atom. The second-order valence-corrected chi connectivity index (χ2v) is 10.6. The van der Waals surface area contributed by atoms with Crippen LogP contribution in [0.25, 0.3) is 0 Å². The van der Waals surface area contributed by atoms with Gasteiger partial charge in [0.15, 0.2) is 0 Å². The van der Waals surface area contributed by atoms with E-state index in [1.807, 2.05) is 13.0 Å². The molecule has 0 aromatic heterocycles. The number of amides is 2. The van der Waals surface area contributed by atoms with Gasteiger partial charge in [0.1, 0.15) is 5.41 Å². The van der Waals surface area contributed by atoms with Gasteiger partial charge in [0.2, 0.25) is 11.8 Å². The molecule has 0 spiro atoms. The molecule has 36 heavy (non-hydrogen) atoms. The Labute approximate surface area is 216 Å². The van der Waals surface area contributed by atoms with Crippen molar-refractivity contribution in [2.75, 3.05) is 20.2 Å². The average molecular weight is 501 g/mol. The van der Waals surface area contributed by atoms with Crippen LogP contribution in [0.1, 0.15) is 90.9 Å². The van der Waals surface area contributed by atoms with Crippen LogP contribution in [-0.2, 0) is 23.9 Å². The fourth-order valence-corrected chi connectivity index (χ4v) is 6.28. The third kappa shape index (κ3) is 6.14. The number of methoxy groups -OCH3 is 1. The Morgan fingerprint density at radius 3 is 2.58 bits per heavy atom. The largest absolute Gasteiger partial charge is 0.468 e. The molecule has 0 aromatic carbocycles. The van der Waals surface area contributed by atoms with Gasteiger partial charge in [-0.15, -0.1) is 6.42 Å². The Bertz CT molecular complexity index is 856. The van der Waals surface area contributed by atoms with Crippen molar-refractivity contribution in [1.29, 1.82) is 0 Å². The summed E-state index contributed by atoms with van der Waals surface area (Å²) in [7, 11) is 1.38. The maximum absolute atomic E-state index is 13.8. The predicted octanol–water partition coefficient (Wildman–Crippen LogP) is 4.36. The molecule has 1 saturated carbocycles. The van der Waals surface area contributed by atoms with E-state index in [0.29, 0.717) is 12.5 Å². The van der Waals surface area contributed by atoms with Crippen LogP contribution in [0.3, 0.4) is 0 Å². The molecule has 0 unspecified atom stereocenters. The highest BCUT2D eigenvalue weighted by Crippen LogP contribution is 2.51. The molecule has 2 aliphatic heterocycles. The standard InChI is InChI=1S/C29H44N2O5/c1-5-7-8-9-10-13-17-31-25-19-24(22-14-11-12-15-22)36-21(3)29(25,28(34)35-4)20-23(27(31)33)18-26(32)30-16-6-2/h2,19,21-24H,5,7-18,20H2,1,3-4H3,(H,30,32)/t21-,23+,24-,29+/m1/s1. The van der Waals surface area contributed by atoms with Crippen LogP contribution < -0.4 is 5.32 Å². The molecule has 0 aromatic rings. The fourth-order valence-electron chi connectivity index (χ4n) is 6.28. The topological polar surface area (TPSA) is 84.9 Å². The fraction of sp³-hybridized carbons (Fsp3) is 0.759. The summed E-state index contributed by atoms with van der Waals surface area (Å²) >= 11 is 0. The number of nitrogens with zero attached hydrogens (tertiary/aromatic N) is 1. The first-order valence-electron chi connectivity index (χ1n) is 13.9. The van der Waals surface area contributed by atoms with E-state index in [-0.39, 0.29) is 37.3 Å². The third-order valence-corrected chi connectivity index (χ3v) is 8.28. The van der Waals surface area contributed by atoms with Crippen LogP contribution in [0, 0.1) is 29.6 Å². The number of nitrogens with one attached hydrogen (secondary N) is 1. The molecule has 200 valence electrons. The molecule has 2 amide bonds. The minimum absolute atomic E-state index is 0.0156. The van der Waals surface area contributed by atoms with Crippen LogP contribution in [0.4, 0.5) is 0 Å². The predicted molar refractivity (Wildman–Crippen MR) is 138 cm³/mol. The minimum Gasteiger partial charge on any atom is -0.468 e. The lowest BCUT2D eigenvalue weighted by molar-refractivity contribution is -0.177. The zero-order valence-corrected chi connectivity index (χ0v) is 22.4. The third-order valence-electron chi connectivity index (χ3n) is 8.28. The number of terminal acetylenes is 1. The summed E-state index contributed by atoms with van der Waals surface area (Å²) in [6.07, 6.45) is 18.0. The molecule has 3 rings (SSSR count). The van der Waals surface area contributed by atoms with Gasteiger partial charge in [-0.3, -0.25) is 14.4 Å². The molecule has 2 heterocycles. The maximum atomic E-state index is 13.8. The van der Waals surface area contributed by atoms with Crippen molar-refractivity contribution in [2.24, 2.45) is 17.3 Å². The number of likely N-dealkylation sites (tertiary alicyclic amines) is 1. The van der Waals surface area contributed by atoms with Crippen molar-refractivity contribution in [2.45, 2.75) is 103 Å². The van der Waals surface area contributed by atoms with Crippen molar-refractivity contribution in [3.63, 3.8) is 0 Å². The number of ether oxygens (including phenoxy) is 2. The Kier molecular flexibility index (Phi) is 10.4. The van der Waals surface area contributed by atoms with E-state index in [0.717, 1.165) is 37.8 Å². The van der Waals surface area contributed by atoms with Gasteiger partial charge in [-0.1, -0.05) is 57.8 Å². The van der Waals surface area contributed by atoms with Crippen molar-refractivity contribution in [3.05, 3.63) is 11.8 Å². The number of carbonyl (C=O) groups excluding carboxylic acids is 3. The van der Waals surface area contributed by atoms with Gasteiger partial charge in [0.05, 0.1) is 25.9 Å². The second kappa shape index (κ2) is 13.3. The molecule has 4 atom stereocenters. The first kappa shape index (κ1) is 28.2. The van der Waals surface area contributed by atoms with Crippen molar-refractivity contribution in [1.82, 2.24) is 10.2 Å². The first-order chi connectivity index (χ1) is 17.4. The number of hydrogen-bond acceptors (Lipinski definition) is 5. The zero-order chi connectivity index (χ0) is 26.1. The van der Waals surface area contributed by atoms with E-state index in [1.165, 1.54) is 39.2 Å². The number of unbranched alkanes of at least 4 members (excludes halogenated alkanes) is 5. The maximum Gasteiger partial charge on any atom is 0.320 e. The number of hydrogen-bond donors (Lipinski definition) is 1. The van der Waals surface area contributed by atoms with Crippen LogP contribution in [-0.4, -0.2) is 55.1 Å². The molecule has 7 heteroatoms. The highest BCUT2D eigenvalue weighted by Gasteiger charge is 2.59. The molecule has 7 nitrogen and oxygen atoms in total. The normalized spacial score (nSPS) is 28.3. The zero-order valence-electron chi connectivity index (χ0n) is 22.4. The van der Waals surface area contributed by atoms with E-state index in [9.17, 15) is 14.4 Å². The summed E-state index contributed by atoms with van der Waals surface area (Å²) < 4.78 is 11.8. The quantitative estimate of drug-likeness (QED) is 0.245. The van der Waals surface area contributed by atoms with Gasteiger partial charge in [-0.25, -0.2) is 0 Å². The van der Waals surface area contributed by atoms with Gasteiger partial charge in [0, 0.05) is 24.6 Å². The number of piperidine rings is 1. The number of carbonyl (C=O) groups is 3. The Balaban J connectivity index is 1.93. The molecule has 1 N–H and O–H groups in total. The monoisotopic (exact) mass is 500 g/mol. The van der Waals surface area contributed by atoms with Crippen molar-refractivity contribution < 1.29 is 23.9 Å². The lowest BCUT2D eigenvalue weighted by Crippen LogP contribution is -2.60. The average Bonchev–Trinajstić information content (AvgIpc) is 3.41. The summed E-state index contributed by atoms with van der Waals surface area (Å²) in [6.45, 7) is 4.75. The summed E-state index contributed by atoms with van der Waals surface area (Å²) in [6, 6.07) is 0. The van der Waals surface area contributed by atoms with Crippen LogP contribution in [0.15, 0.2) is 11.8 Å². The van der Waals surface area contributed by atoms with Gasteiger partial charge >= 0.3 is 5.97 Å². The van der Waals surface area contributed by atoms with E-state index in [4.69, 9.17) is 15.9 Å². The summed E-state index contributed by atoms with van der Waals surface area (Å²) in [5.74, 6) is 1.36. The molecule has 3 aliphatic rings. The van der Waals surface area contributed by atoms with E-state index in [2.05, 4.69) is 18.2 Å². The molecule has 0 radical (unpaired) electrons.